The van der Waals surface area contributed by atoms with Gasteiger partial charge in [0.25, 0.3) is 0 Å². The Morgan fingerprint density at radius 2 is 1.95 bits per heavy atom. The van der Waals surface area contributed by atoms with E-state index in [1.54, 1.807) is 7.11 Å². The molecule has 4 atom stereocenters. The number of unbranched alkanes of at least 4 members (excludes halogenated alkanes) is 2. The number of likely N-dealkylation sites (tertiary alicyclic amines) is 1. The highest BCUT2D eigenvalue weighted by Gasteiger charge is 2.48. The number of nitrogens with two attached hydrogens (primary N) is 1. The highest BCUT2D eigenvalue weighted by atomic mass is 16.7. The number of fused-ring (bicyclic) bond motifs is 1. The van der Waals surface area contributed by atoms with Crippen molar-refractivity contribution < 1.29 is 28.9 Å². The van der Waals surface area contributed by atoms with Gasteiger partial charge in [-0.05, 0) is 55.8 Å². The van der Waals surface area contributed by atoms with Crippen LogP contribution < -0.4 is 19.9 Å². The predicted octanol–water partition coefficient (Wildman–Crippen LogP) is 4.09. The number of nitrogens with zero attached hydrogens (tertiary/aromatic N) is 2. The molecule has 3 N–H and O–H groups in total. The molecule has 2 heterocycles. The molecule has 1 amide bonds. The SMILES string of the molecule is CCCCN(CCCCN)C(=O)CN1C[C@H](c2cc(OC)c3c(c2)OCO3)[C@@H](C(=O)O)[C@@H]1CC(C)CCC. The fourth-order valence-corrected chi connectivity index (χ4v) is 5.94. The topological polar surface area (TPSA) is 115 Å². The van der Waals surface area contributed by atoms with E-state index in [0.29, 0.717) is 42.8 Å². The molecule has 0 aromatic heterocycles. The predicted molar refractivity (Wildman–Crippen MR) is 147 cm³/mol. The van der Waals surface area contributed by atoms with Gasteiger partial charge in [0, 0.05) is 31.6 Å². The standard InChI is InChI=1S/C29H47N3O6/c1-5-7-12-31(13-9-8-11-30)26(33)18-32-17-22(27(29(34)35)23(32)14-20(3)10-6-2)21-15-24(36-4)28-25(16-21)37-19-38-28/h15-16,20,22-23,27H,5-14,17-19,30H2,1-4H3,(H,34,35)/t20?,22-,23+,27-/m1/s1. The summed E-state index contributed by atoms with van der Waals surface area (Å²) >= 11 is 0. The lowest BCUT2D eigenvalue weighted by Crippen LogP contribution is -2.45. The zero-order valence-electron chi connectivity index (χ0n) is 23.6. The third-order valence-electron chi connectivity index (χ3n) is 7.92. The van der Waals surface area contributed by atoms with Crippen molar-refractivity contribution >= 4 is 11.9 Å². The molecule has 214 valence electrons. The molecule has 1 saturated heterocycles. The third kappa shape index (κ3) is 7.32. The van der Waals surface area contributed by atoms with Crippen LogP contribution in [0.1, 0.15) is 77.2 Å². The zero-order valence-corrected chi connectivity index (χ0v) is 23.6. The van der Waals surface area contributed by atoms with Gasteiger partial charge in [0.2, 0.25) is 18.4 Å². The molecule has 0 spiro atoms. The van der Waals surface area contributed by atoms with Crippen LogP contribution >= 0.6 is 0 Å². The average molecular weight is 534 g/mol. The minimum absolute atomic E-state index is 0.0664. The molecule has 1 aromatic carbocycles. The van der Waals surface area contributed by atoms with E-state index in [9.17, 15) is 14.7 Å². The van der Waals surface area contributed by atoms with E-state index >= 15 is 0 Å². The lowest BCUT2D eigenvalue weighted by molar-refractivity contribution is -0.144. The summed E-state index contributed by atoms with van der Waals surface area (Å²) in [5.74, 6) is 0.297. The fourth-order valence-electron chi connectivity index (χ4n) is 5.94. The van der Waals surface area contributed by atoms with Crippen molar-refractivity contribution in [3.63, 3.8) is 0 Å². The van der Waals surface area contributed by atoms with Crippen LogP contribution in [0.2, 0.25) is 0 Å². The van der Waals surface area contributed by atoms with E-state index < -0.39 is 11.9 Å². The van der Waals surface area contributed by atoms with Gasteiger partial charge in [-0.1, -0.05) is 40.0 Å². The van der Waals surface area contributed by atoms with Crippen molar-refractivity contribution in [2.45, 2.75) is 77.7 Å². The molecule has 2 aliphatic heterocycles. The largest absolute Gasteiger partial charge is 0.493 e. The Morgan fingerprint density at radius 3 is 2.61 bits per heavy atom. The molecule has 1 unspecified atom stereocenters. The number of hydrogen-bond donors (Lipinski definition) is 2. The van der Waals surface area contributed by atoms with Crippen molar-refractivity contribution in [2.75, 3.05) is 46.6 Å². The summed E-state index contributed by atoms with van der Waals surface area (Å²) in [6.07, 6.45) is 6.51. The van der Waals surface area contributed by atoms with Gasteiger partial charge in [-0.25, -0.2) is 0 Å². The number of carbonyl (C=O) groups is 2. The summed E-state index contributed by atoms with van der Waals surface area (Å²) in [5, 5.41) is 10.5. The number of carboxylic acid groups (broad SMARTS) is 1. The molecular formula is C29H47N3O6. The maximum Gasteiger partial charge on any atom is 0.308 e. The second-order valence-corrected chi connectivity index (χ2v) is 10.8. The first-order chi connectivity index (χ1) is 18.3. The molecule has 3 rings (SSSR count). The zero-order chi connectivity index (χ0) is 27.7. The van der Waals surface area contributed by atoms with Gasteiger partial charge in [0.1, 0.15) is 0 Å². The Morgan fingerprint density at radius 1 is 1.18 bits per heavy atom. The number of rotatable bonds is 16. The maximum atomic E-state index is 13.6. The van der Waals surface area contributed by atoms with Gasteiger partial charge in [-0.2, -0.15) is 0 Å². The summed E-state index contributed by atoms with van der Waals surface area (Å²) in [7, 11) is 1.57. The van der Waals surface area contributed by atoms with E-state index in [1.165, 1.54) is 0 Å². The first kappa shape index (κ1) is 30.0. The summed E-state index contributed by atoms with van der Waals surface area (Å²) in [6.45, 7) is 9.28. The van der Waals surface area contributed by atoms with Crippen molar-refractivity contribution in [3.05, 3.63) is 17.7 Å². The molecule has 1 aromatic rings. The third-order valence-corrected chi connectivity index (χ3v) is 7.92. The minimum atomic E-state index is -0.832. The molecule has 9 heteroatoms. The lowest BCUT2D eigenvalue weighted by atomic mass is 9.81. The summed E-state index contributed by atoms with van der Waals surface area (Å²) in [6, 6.07) is 3.51. The second kappa shape index (κ2) is 14.6. The number of hydrogen-bond acceptors (Lipinski definition) is 7. The van der Waals surface area contributed by atoms with Crippen LogP contribution in [0.4, 0.5) is 0 Å². The maximum absolute atomic E-state index is 13.6. The van der Waals surface area contributed by atoms with Gasteiger partial charge in [0.15, 0.2) is 11.5 Å². The van der Waals surface area contributed by atoms with E-state index in [2.05, 4.69) is 25.7 Å². The smallest absolute Gasteiger partial charge is 0.308 e. The normalized spacial score (nSPS) is 21.4. The number of aliphatic carboxylic acids is 1. The quantitative estimate of drug-likeness (QED) is 0.306. The molecular weight excluding hydrogens is 486 g/mol. The lowest BCUT2D eigenvalue weighted by Gasteiger charge is -2.31. The van der Waals surface area contributed by atoms with Crippen molar-refractivity contribution in [2.24, 2.45) is 17.6 Å². The van der Waals surface area contributed by atoms with Crippen molar-refractivity contribution in [1.29, 1.82) is 0 Å². The average Bonchev–Trinajstić information content (AvgIpc) is 3.50. The minimum Gasteiger partial charge on any atom is -0.493 e. The van der Waals surface area contributed by atoms with Crippen LogP contribution in [0.25, 0.3) is 0 Å². The Bertz CT molecular complexity index is 926. The van der Waals surface area contributed by atoms with Crippen LogP contribution in [-0.2, 0) is 9.59 Å². The highest BCUT2D eigenvalue weighted by molar-refractivity contribution is 5.79. The number of carbonyl (C=O) groups excluding carboxylic acids is 1. The highest BCUT2D eigenvalue weighted by Crippen LogP contribution is 2.47. The summed E-state index contributed by atoms with van der Waals surface area (Å²) in [4.78, 5) is 30.4. The van der Waals surface area contributed by atoms with Gasteiger partial charge in [0.05, 0.1) is 19.6 Å². The van der Waals surface area contributed by atoms with Gasteiger partial charge in [-0.15, -0.1) is 0 Å². The van der Waals surface area contributed by atoms with Gasteiger partial charge >= 0.3 is 5.97 Å². The van der Waals surface area contributed by atoms with E-state index in [-0.39, 0.29) is 31.2 Å². The molecule has 0 bridgehead atoms. The van der Waals surface area contributed by atoms with Crippen LogP contribution in [-0.4, -0.2) is 79.5 Å². The fraction of sp³-hybridized carbons (Fsp3) is 0.724. The summed E-state index contributed by atoms with van der Waals surface area (Å²) < 4.78 is 16.7. The number of amides is 1. The number of benzene rings is 1. The molecule has 0 radical (unpaired) electrons. The first-order valence-corrected chi connectivity index (χ1v) is 14.3. The van der Waals surface area contributed by atoms with E-state index in [0.717, 1.165) is 57.1 Å². The molecule has 38 heavy (non-hydrogen) atoms. The van der Waals surface area contributed by atoms with Crippen molar-refractivity contribution in [3.8, 4) is 17.2 Å². The second-order valence-electron chi connectivity index (χ2n) is 10.8. The van der Waals surface area contributed by atoms with E-state index in [4.69, 9.17) is 19.9 Å². The first-order valence-electron chi connectivity index (χ1n) is 14.3. The van der Waals surface area contributed by atoms with Crippen LogP contribution in [0, 0.1) is 11.8 Å². The molecule has 9 nitrogen and oxygen atoms in total. The number of methoxy groups -OCH3 is 1. The van der Waals surface area contributed by atoms with Crippen LogP contribution in [0.15, 0.2) is 12.1 Å². The molecule has 1 fully saturated rings. The Labute approximate surface area is 227 Å². The monoisotopic (exact) mass is 533 g/mol. The van der Waals surface area contributed by atoms with Crippen LogP contribution in [0.3, 0.4) is 0 Å². The Balaban J connectivity index is 1.91. The molecule has 0 saturated carbocycles. The molecule has 0 aliphatic carbocycles. The number of carboxylic acids is 1. The van der Waals surface area contributed by atoms with Gasteiger partial charge < -0.3 is 30.0 Å². The van der Waals surface area contributed by atoms with Crippen molar-refractivity contribution in [1.82, 2.24) is 9.80 Å². The Kier molecular flexibility index (Phi) is 11.5. The molecule has 2 aliphatic rings. The summed E-state index contributed by atoms with van der Waals surface area (Å²) in [5.41, 5.74) is 6.53. The van der Waals surface area contributed by atoms with Gasteiger partial charge in [-0.3, -0.25) is 14.5 Å². The van der Waals surface area contributed by atoms with Crippen LogP contribution in [0.5, 0.6) is 17.2 Å². The van der Waals surface area contributed by atoms with E-state index in [1.807, 2.05) is 17.0 Å². The number of ether oxygens (including phenoxy) is 3. The Hall–Kier alpha value is -2.52.